The van der Waals surface area contributed by atoms with Gasteiger partial charge in [-0.1, -0.05) is 29.3 Å². The standard InChI is InChI=1S/C23H27Cl2FN4O4S/c1-15(34-22-6-4-17(26)12-27-22)18-13-29(14-19(18)16-3-5-20(24)21(25)11-16)23(31)28-7-9-30(10-8-28)35(2,32)33/h3-6,11-12,15,18-19H,7-10,13-14H2,1-2H3/t15-,18+,19+/m1/s1. The molecule has 3 atom stereocenters. The molecule has 0 unspecified atom stereocenters. The SMILES string of the molecule is C[C@@H](Oc1ccc(F)cn1)[C@@H]1CN(C(=O)N2CCN(S(C)(=O)=O)CC2)C[C@H]1c1ccc(Cl)c(Cl)c1. The van der Waals surface area contributed by atoms with Crippen LogP contribution < -0.4 is 4.74 Å². The number of hydrogen-bond acceptors (Lipinski definition) is 5. The van der Waals surface area contributed by atoms with Gasteiger partial charge in [0.05, 0.1) is 22.5 Å². The number of hydrogen-bond donors (Lipinski definition) is 0. The summed E-state index contributed by atoms with van der Waals surface area (Å²) >= 11 is 12.4. The van der Waals surface area contributed by atoms with Crippen molar-refractivity contribution < 1.29 is 22.3 Å². The van der Waals surface area contributed by atoms with E-state index in [1.54, 1.807) is 15.9 Å². The average Bonchev–Trinajstić information content (AvgIpc) is 3.27. The zero-order valence-corrected chi connectivity index (χ0v) is 21.7. The summed E-state index contributed by atoms with van der Waals surface area (Å²) in [5.74, 6) is -0.331. The summed E-state index contributed by atoms with van der Waals surface area (Å²) in [5, 5.41) is 0.875. The molecule has 2 saturated heterocycles. The van der Waals surface area contributed by atoms with Crippen LogP contribution in [0.15, 0.2) is 36.5 Å². The number of benzene rings is 1. The highest BCUT2D eigenvalue weighted by molar-refractivity contribution is 7.88. The molecule has 0 N–H and O–H groups in total. The minimum atomic E-state index is -3.29. The van der Waals surface area contributed by atoms with Gasteiger partial charge in [0.1, 0.15) is 11.9 Å². The van der Waals surface area contributed by atoms with E-state index >= 15 is 0 Å². The van der Waals surface area contributed by atoms with E-state index in [2.05, 4.69) is 4.98 Å². The molecule has 8 nitrogen and oxygen atoms in total. The molecule has 3 heterocycles. The lowest BCUT2D eigenvalue weighted by atomic mass is 9.86. The van der Waals surface area contributed by atoms with E-state index in [1.807, 2.05) is 19.1 Å². The highest BCUT2D eigenvalue weighted by atomic mass is 35.5. The Balaban J connectivity index is 1.52. The van der Waals surface area contributed by atoms with Crippen LogP contribution in [-0.4, -0.2) is 85.2 Å². The van der Waals surface area contributed by atoms with Crippen LogP contribution >= 0.6 is 23.2 Å². The van der Waals surface area contributed by atoms with Gasteiger partial charge in [0.25, 0.3) is 0 Å². The monoisotopic (exact) mass is 544 g/mol. The van der Waals surface area contributed by atoms with Gasteiger partial charge in [-0.15, -0.1) is 0 Å². The first-order chi connectivity index (χ1) is 16.5. The molecule has 2 aliphatic heterocycles. The summed E-state index contributed by atoms with van der Waals surface area (Å²) in [6.45, 7) is 3.98. The molecule has 1 aromatic carbocycles. The highest BCUT2D eigenvalue weighted by Gasteiger charge is 2.42. The van der Waals surface area contributed by atoms with Gasteiger partial charge in [0.15, 0.2) is 0 Å². The Morgan fingerprint density at radius 1 is 1.09 bits per heavy atom. The summed E-state index contributed by atoms with van der Waals surface area (Å²) in [5.41, 5.74) is 0.934. The lowest BCUT2D eigenvalue weighted by Crippen LogP contribution is -2.53. The molecule has 0 aliphatic carbocycles. The number of sulfonamides is 1. The number of pyridine rings is 1. The molecule has 2 fully saturated rings. The summed E-state index contributed by atoms with van der Waals surface area (Å²) in [7, 11) is -3.29. The Morgan fingerprint density at radius 2 is 1.80 bits per heavy atom. The van der Waals surface area contributed by atoms with E-state index in [4.69, 9.17) is 27.9 Å². The number of aromatic nitrogens is 1. The van der Waals surface area contributed by atoms with E-state index in [0.29, 0.717) is 42.1 Å². The van der Waals surface area contributed by atoms with Crippen LogP contribution in [0.2, 0.25) is 10.0 Å². The average molecular weight is 545 g/mol. The van der Waals surface area contributed by atoms with Gasteiger partial charge in [-0.2, -0.15) is 4.31 Å². The van der Waals surface area contributed by atoms with Crippen molar-refractivity contribution in [3.8, 4) is 5.88 Å². The maximum absolute atomic E-state index is 13.4. The summed E-state index contributed by atoms with van der Waals surface area (Å²) in [4.78, 5) is 20.8. The molecule has 2 amide bonds. The van der Waals surface area contributed by atoms with E-state index in [0.717, 1.165) is 11.8 Å². The third kappa shape index (κ3) is 5.99. The molecule has 12 heteroatoms. The normalized spacial score (nSPS) is 22.3. The van der Waals surface area contributed by atoms with E-state index in [-0.39, 0.29) is 37.1 Å². The molecule has 190 valence electrons. The Morgan fingerprint density at radius 3 is 2.40 bits per heavy atom. The number of halogens is 3. The van der Waals surface area contributed by atoms with Gasteiger partial charge >= 0.3 is 6.03 Å². The first-order valence-corrected chi connectivity index (χ1v) is 13.9. The third-order valence-electron chi connectivity index (χ3n) is 6.60. The van der Waals surface area contributed by atoms with Crippen LogP contribution in [0.4, 0.5) is 9.18 Å². The fraction of sp³-hybridized carbons (Fsp3) is 0.478. The lowest BCUT2D eigenvalue weighted by Gasteiger charge is -2.35. The van der Waals surface area contributed by atoms with Crippen molar-refractivity contribution in [1.29, 1.82) is 0 Å². The van der Waals surface area contributed by atoms with Crippen molar-refractivity contribution in [1.82, 2.24) is 19.1 Å². The molecule has 0 saturated carbocycles. The Hall–Kier alpha value is -2.14. The number of piperazine rings is 1. The first-order valence-electron chi connectivity index (χ1n) is 11.2. The minimum absolute atomic E-state index is 0.0820. The topological polar surface area (TPSA) is 83.1 Å². The molecule has 0 spiro atoms. The second-order valence-electron chi connectivity index (χ2n) is 8.92. The van der Waals surface area contributed by atoms with Crippen LogP contribution in [0.5, 0.6) is 5.88 Å². The molecule has 0 radical (unpaired) electrons. The van der Waals surface area contributed by atoms with Crippen molar-refractivity contribution in [3.05, 3.63) is 58.0 Å². The van der Waals surface area contributed by atoms with Crippen molar-refractivity contribution >= 4 is 39.3 Å². The van der Waals surface area contributed by atoms with Crippen molar-refractivity contribution in [2.45, 2.75) is 18.9 Å². The van der Waals surface area contributed by atoms with Gasteiger partial charge in [0.2, 0.25) is 15.9 Å². The molecule has 2 aliphatic rings. The third-order valence-corrected chi connectivity index (χ3v) is 8.64. The molecule has 0 bridgehead atoms. The zero-order valence-electron chi connectivity index (χ0n) is 19.4. The number of nitrogens with zero attached hydrogens (tertiary/aromatic N) is 4. The Kier molecular flexibility index (Phi) is 7.75. The zero-order chi connectivity index (χ0) is 25.3. The van der Waals surface area contributed by atoms with Crippen LogP contribution in [0.3, 0.4) is 0 Å². The number of carbonyl (C=O) groups excluding carboxylic acids is 1. The minimum Gasteiger partial charge on any atom is -0.474 e. The predicted octanol–water partition coefficient (Wildman–Crippen LogP) is 3.71. The van der Waals surface area contributed by atoms with Gasteiger partial charge in [-0.3, -0.25) is 0 Å². The number of urea groups is 1. The molecule has 35 heavy (non-hydrogen) atoms. The quantitative estimate of drug-likeness (QED) is 0.573. The first kappa shape index (κ1) is 25.9. The van der Waals surface area contributed by atoms with Crippen LogP contribution in [-0.2, 0) is 10.0 Å². The van der Waals surface area contributed by atoms with Crippen molar-refractivity contribution in [2.75, 3.05) is 45.5 Å². The smallest absolute Gasteiger partial charge is 0.320 e. The molecular formula is C23H27Cl2FN4O4S. The molecular weight excluding hydrogens is 518 g/mol. The number of likely N-dealkylation sites (tertiary alicyclic amines) is 1. The fourth-order valence-corrected chi connectivity index (χ4v) is 5.81. The molecule has 1 aromatic heterocycles. The number of rotatable bonds is 5. The second-order valence-corrected chi connectivity index (χ2v) is 11.7. The van der Waals surface area contributed by atoms with Crippen LogP contribution in [0.25, 0.3) is 0 Å². The van der Waals surface area contributed by atoms with Gasteiger partial charge in [0, 0.05) is 57.2 Å². The van der Waals surface area contributed by atoms with Gasteiger partial charge < -0.3 is 14.5 Å². The Bertz CT molecular complexity index is 1180. The maximum atomic E-state index is 13.4. The lowest BCUT2D eigenvalue weighted by molar-refractivity contribution is 0.126. The molecule has 4 rings (SSSR count). The maximum Gasteiger partial charge on any atom is 0.320 e. The summed E-state index contributed by atoms with van der Waals surface area (Å²) < 4.78 is 44.3. The van der Waals surface area contributed by atoms with Crippen molar-refractivity contribution in [2.24, 2.45) is 5.92 Å². The highest BCUT2D eigenvalue weighted by Crippen LogP contribution is 2.38. The second kappa shape index (κ2) is 10.5. The number of carbonyl (C=O) groups is 1. The van der Waals surface area contributed by atoms with E-state index in [9.17, 15) is 17.6 Å². The van der Waals surface area contributed by atoms with Crippen molar-refractivity contribution in [3.63, 3.8) is 0 Å². The Labute approximate surface area is 214 Å². The largest absolute Gasteiger partial charge is 0.474 e. The summed E-state index contributed by atoms with van der Waals surface area (Å²) in [6, 6.07) is 8.05. The van der Waals surface area contributed by atoms with E-state index < -0.39 is 15.8 Å². The van der Waals surface area contributed by atoms with Crippen LogP contribution in [0, 0.1) is 11.7 Å². The van der Waals surface area contributed by atoms with Gasteiger partial charge in [-0.05, 0) is 30.7 Å². The summed E-state index contributed by atoms with van der Waals surface area (Å²) in [6.07, 6.45) is 1.93. The van der Waals surface area contributed by atoms with Gasteiger partial charge in [-0.25, -0.2) is 22.6 Å². The number of amides is 2. The van der Waals surface area contributed by atoms with E-state index in [1.165, 1.54) is 22.7 Å². The predicted molar refractivity (Wildman–Crippen MR) is 132 cm³/mol. The van der Waals surface area contributed by atoms with Crippen LogP contribution in [0.1, 0.15) is 18.4 Å². The molecule has 2 aromatic rings. The number of ether oxygens (including phenoxy) is 1. The fourth-order valence-electron chi connectivity index (χ4n) is 4.68.